The van der Waals surface area contributed by atoms with Crippen molar-refractivity contribution in [1.29, 1.82) is 0 Å². The number of carbonyl (C=O) groups excluding carboxylic acids is 1. The van der Waals surface area contributed by atoms with Gasteiger partial charge in [-0.1, -0.05) is 19.3 Å². The lowest BCUT2D eigenvalue weighted by molar-refractivity contribution is -0.00255. The van der Waals surface area contributed by atoms with E-state index in [-0.39, 0.29) is 0 Å². The summed E-state index contributed by atoms with van der Waals surface area (Å²) in [5.41, 5.74) is -1.13. The lowest BCUT2D eigenvalue weighted by Gasteiger charge is -2.39. The molecule has 1 aliphatic carbocycles. The molecule has 1 fully saturated rings. The second kappa shape index (κ2) is 5.48. The first-order valence-electron chi connectivity index (χ1n) is 7.09. The van der Waals surface area contributed by atoms with Gasteiger partial charge >= 0.3 is 6.09 Å². The Morgan fingerprint density at radius 3 is 2.60 bits per heavy atom. The normalized spacial score (nSPS) is 22.0. The predicted octanol–water partition coefficient (Wildman–Crippen LogP) is 3.26. The number of hydrogen-bond acceptors (Lipinski definition) is 4. The van der Waals surface area contributed by atoms with Crippen LogP contribution in [0.15, 0.2) is 24.4 Å². The van der Waals surface area contributed by atoms with E-state index in [1.54, 1.807) is 0 Å². The molecule has 1 amide bonds. The molecule has 0 atom stereocenters. The number of rotatable bonds is 1. The van der Waals surface area contributed by atoms with Crippen molar-refractivity contribution in [3.63, 3.8) is 0 Å². The molecule has 1 saturated carbocycles. The molecule has 112 valence electrons. The van der Waals surface area contributed by atoms with Crippen molar-refractivity contribution in [2.45, 2.75) is 64.1 Å². The van der Waals surface area contributed by atoms with Crippen molar-refractivity contribution in [3.05, 3.63) is 24.4 Å². The van der Waals surface area contributed by atoms with Crippen molar-refractivity contribution < 1.29 is 19.4 Å². The minimum Gasteiger partial charge on any atom is -0.469 e. The lowest BCUT2D eigenvalue weighted by atomic mass is 9.82. The van der Waals surface area contributed by atoms with Crippen LogP contribution in [0.2, 0.25) is 0 Å². The van der Waals surface area contributed by atoms with Gasteiger partial charge in [-0.2, -0.15) is 0 Å². The summed E-state index contributed by atoms with van der Waals surface area (Å²) >= 11 is 0. The largest absolute Gasteiger partial charge is 0.469 e. The van der Waals surface area contributed by atoms with Crippen molar-refractivity contribution in [1.82, 2.24) is 4.90 Å². The number of aliphatic hydroxyl groups is 1. The van der Waals surface area contributed by atoms with E-state index in [0.29, 0.717) is 18.5 Å². The molecule has 1 N–H and O–H groups in total. The molecular formula is C15H23NO4. The molecule has 1 aliphatic heterocycles. The van der Waals surface area contributed by atoms with Crippen LogP contribution in [-0.2, 0) is 9.47 Å². The van der Waals surface area contributed by atoms with Gasteiger partial charge in [-0.05, 0) is 33.6 Å². The summed E-state index contributed by atoms with van der Waals surface area (Å²) in [7, 11) is 0. The third kappa shape index (κ3) is 3.33. The molecule has 0 aromatic heterocycles. The standard InChI is InChI=1S/C15H23NO4/c1-14(2,3)20-13(17)16-9-10-19-11-12(16)15(18)7-5-4-6-8-15/h9-11,18H,4-8H2,1-3H3. The summed E-state index contributed by atoms with van der Waals surface area (Å²) in [6, 6.07) is 0. The van der Waals surface area contributed by atoms with Gasteiger partial charge in [-0.15, -0.1) is 0 Å². The first-order valence-corrected chi connectivity index (χ1v) is 7.09. The quantitative estimate of drug-likeness (QED) is 0.801. The first kappa shape index (κ1) is 14.9. The average molecular weight is 281 g/mol. The van der Waals surface area contributed by atoms with Crippen molar-refractivity contribution in [2.75, 3.05) is 0 Å². The van der Waals surface area contributed by atoms with Crippen molar-refractivity contribution in [2.24, 2.45) is 0 Å². The summed E-state index contributed by atoms with van der Waals surface area (Å²) in [5, 5.41) is 10.8. The lowest BCUT2D eigenvalue weighted by Crippen LogP contribution is -2.44. The first-order chi connectivity index (χ1) is 9.32. The Morgan fingerprint density at radius 1 is 1.35 bits per heavy atom. The maximum atomic E-state index is 12.3. The zero-order chi connectivity index (χ0) is 14.8. The van der Waals surface area contributed by atoms with Gasteiger partial charge < -0.3 is 14.6 Å². The molecule has 5 nitrogen and oxygen atoms in total. The Balaban J connectivity index is 2.18. The summed E-state index contributed by atoms with van der Waals surface area (Å²) in [6.07, 6.45) is 8.11. The monoisotopic (exact) mass is 281 g/mol. The second-order valence-corrected chi connectivity index (χ2v) is 6.37. The Morgan fingerprint density at radius 2 is 2.00 bits per heavy atom. The molecule has 0 radical (unpaired) electrons. The van der Waals surface area contributed by atoms with Gasteiger partial charge in [0.2, 0.25) is 0 Å². The third-order valence-corrected chi connectivity index (χ3v) is 3.48. The van der Waals surface area contributed by atoms with Crippen LogP contribution in [0, 0.1) is 0 Å². The van der Waals surface area contributed by atoms with Crippen LogP contribution in [0.4, 0.5) is 4.79 Å². The predicted molar refractivity (Wildman–Crippen MR) is 74.4 cm³/mol. The highest BCUT2D eigenvalue weighted by molar-refractivity contribution is 5.72. The van der Waals surface area contributed by atoms with E-state index in [9.17, 15) is 9.90 Å². The van der Waals surface area contributed by atoms with Crippen LogP contribution in [0.3, 0.4) is 0 Å². The zero-order valence-electron chi connectivity index (χ0n) is 12.4. The molecular weight excluding hydrogens is 258 g/mol. The minimum atomic E-state index is -1.01. The number of hydrogen-bond donors (Lipinski definition) is 1. The van der Waals surface area contributed by atoms with Gasteiger partial charge in [-0.25, -0.2) is 9.69 Å². The van der Waals surface area contributed by atoms with Crippen LogP contribution in [0.25, 0.3) is 0 Å². The molecule has 2 aliphatic rings. The Hall–Kier alpha value is -1.49. The highest BCUT2D eigenvalue weighted by Crippen LogP contribution is 2.37. The van der Waals surface area contributed by atoms with Crippen LogP contribution >= 0.6 is 0 Å². The number of amides is 1. The topological polar surface area (TPSA) is 59.0 Å². The van der Waals surface area contributed by atoms with E-state index in [4.69, 9.17) is 9.47 Å². The smallest absolute Gasteiger partial charge is 0.419 e. The van der Waals surface area contributed by atoms with Crippen LogP contribution in [-0.4, -0.2) is 27.3 Å². The van der Waals surface area contributed by atoms with Crippen LogP contribution < -0.4 is 0 Å². The Labute approximate surface area is 119 Å². The van der Waals surface area contributed by atoms with Crippen molar-refractivity contribution in [3.8, 4) is 0 Å². The third-order valence-electron chi connectivity index (χ3n) is 3.48. The molecule has 0 aromatic carbocycles. The summed E-state index contributed by atoms with van der Waals surface area (Å²) in [5.74, 6) is 0. The highest BCUT2D eigenvalue weighted by Gasteiger charge is 2.40. The second-order valence-electron chi connectivity index (χ2n) is 6.37. The molecule has 2 rings (SSSR count). The molecule has 1 heterocycles. The van der Waals surface area contributed by atoms with Gasteiger partial charge in [0.15, 0.2) is 0 Å². The fraction of sp³-hybridized carbons (Fsp3) is 0.667. The molecule has 0 bridgehead atoms. The SMILES string of the molecule is CC(C)(C)OC(=O)N1C=COC=C1C1(O)CCCCC1. The molecule has 0 unspecified atom stereocenters. The molecule has 5 heteroatoms. The van der Waals surface area contributed by atoms with E-state index < -0.39 is 17.3 Å². The van der Waals surface area contributed by atoms with E-state index in [1.807, 2.05) is 20.8 Å². The maximum Gasteiger partial charge on any atom is 0.419 e. The number of ether oxygens (including phenoxy) is 2. The average Bonchev–Trinajstić information content (AvgIpc) is 2.38. The van der Waals surface area contributed by atoms with Gasteiger partial charge in [0.25, 0.3) is 0 Å². The zero-order valence-corrected chi connectivity index (χ0v) is 12.4. The molecule has 0 aromatic rings. The van der Waals surface area contributed by atoms with Crippen LogP contribution in [0.5, 0.6) is 0 Å². The van der Waals surface area contributed by atoms with Crippen LogP contribution in [0.1, 0.15) is 52.9 Å². The highest BCUT2D eigenvalue weighted by atomic mass is 16.6. The van der Waals surface area contributed by atoms with E-state index >= 15 is 0 Å². The fourth-order valence-electron chi connectivity index (χ4n) is 2.53. The summed E-state index contributed by atoms with van der Waals surface area (Å²) < 4.78 is 10.5. The number of carbonyl (C=O) groups is 1. The molecule has 20 heavy (non-hydrogen) atoms. The summed E-state index contributed by atoms with van der Waals surface area (Å²) in [6.45, 7) is 5.44. The van der Waals surface area contributed by atoms with Gasteiger partial charge in [-0.3, -0.25) is 0 Å². The van der Waals surface area contributed by atoms with E-state index in [1.165, 1.54) is 23.6 Å². The summed E-state index contributed by atoms with van der Waals surface area (Å²) in [4.78, 5) is 13.6. The number of nitrogens with zero attached hydrogens (tertiary/aromatic N) is 1. The van der Waals surface area contributed by atoms with E-state index in [2.05, 4.69) is 0 Å². The fourth-order valence-corrected chi connectivity index (χ4v) is 2.53. The minimum absolute atomic E-state index is 0.467. The van der Waals surface area contributed by atoms with Gasteiger partial charge in [0.1, 0.15) is 23.7 Å². The Kier molecular flexibility index (Phi) is 4.09. The van der Waals surface area contributed by atoms with E-state index in [0.717, 1.165) is 19.3 Å². The van der Waals surface area contributed by atoms with Crippen molar-refractivity contribution >= 4 is 6.09 Å². The maximum absolute atomic E-state index is 12.3. The molecule has 0 spiro atoms. The molecule has 0 saturated heterocycles. The van der Waals surface area contributed by atoms with Gasteiger partial charge in [0.05, 0.1) is 11.9 Å². The van der Waals surface area contributed by atoms with Gasteiger partial charge in [0, 0.05) is 0 Å². The Bertz CT molecular complexity index is 428.